The van der Waals surface area contributed by atoms with E-state index in [0.717, 1.165) is 5.69 Å². The highest BCUT2D eigenvalue weighted by atomic mass is 16.5. The SMILES string of the molecule is COC(=O)c1cc(CO)ccc1N(C)C. The van der Waals surface area contributed by atoms with Crippen molar-refractivity contribution in [2.24, 2.45) is 0 Å². The van der Waals surface area contributed by atoms with Crippen LogP contribution in [-0.4, -0.2) is 32.3 Å². The summed E-state index contributed by atoms with van der Waals surface area (Å²) in [4.78, 5) is 13.3. The van der Waals surface area contributed by atoms with E-state index in [1.54, 1.807) is 18.2 Å². The lowest BCUT2D eigenvalue weighted by Gasteiger charge is -2.16. The summed E-state index contributed by atoms with van der Waals surface area (Å²) in [7, 11) is 5.04. The number of aliphatic hydroxyl groups is 1. The van der Waals surface area contributed by atoms with E-state index in [9.17, 15) is 4.79 Å². The summed E-state index contributed by atoms with van der Waals surface area (Å²) in [6, 6.07) is 5.21. The first-order valence-electron chi connectivity index (χ1n) is 4.59. The minimum Gasteiger partial charge on any atom is -0.465 e. The number of rotatable bonds is 3. The van der Waals surface area contributed by atoms with E-state index in [-0.39, 0.29) is 6.61 Å². The van der Waals surface area contributed by atoms with Gasteiger partial charge < -0.3 is 14.7 Å². The van der Waals surface area contributed by atoms with Crippen molar-refractivity contribution in [3.05, 3.63) is 29.3 Å². The van der Waals surface area contributed by atoms with Crippen molar-refractivity contribution in [3.63, 3.8) is 0 Å². The molecule has 0 fully saturated rings. The van der Waals surface area contributed by atoms with Crippen LogP contribution in [0.2, 0.25) is 0 Å². The second kappa shape index (κ2) is 4.79. The molecule has 0 aliphatic rings. The monoisotopic (exact) mass is 209 g/mol. The van der Waals surface area contributed by atoms with Gasteiger partial charge in [0, 0.05) is 14.1 Å². The molecular weight excluding hydrogens is 194 g/mol. The van der Waals surface area contributed by atoms with Gasteiger partial charge in [0.15, 0.2) is 0 Å². The van der Waals surface area contributed by atoms with E-state index in [1.165, 1.54) is 7.11 Å². The summed E-state index contributed by atoms with van der Waals surface area (Å²) in [6.07, 6.45) is 0. The summed E-state index contributed by atoms with van der Waals surface area (Å²) in [5, 5.41) is 8.98. The first-order chi connectivity index (χ1) is 7.10. The quantitative estimate of drug-likeness (QED) is 0.755. The summed E-state index contributed by atoms with van der Waals surface area (Å²) in [5.41, 5.74) is 1.94. The van der Waals surface area contributed by atoms with Crippen molar-refractivity contribution in [1.29, 1.82) is 0 Å². The molecule has 0 radical (unpaired) electrons. The van der Waals surface area contributed by atoms with Crippen LogP contribution in [0.15, 0.2) is 18.2 Å². The molecule has 0 aliphatic heterocycles. The number of hydrogen-bond donors (Lipinski definition) is 1. The standard InChI is InChI=1S/C11H15NO3/c1-12(2)10-5-4-8(7-13)6-9(10)11(14)15-3/h4-6,13H,7H2,1-3H3. The minimum atomic E-state index is -0.394. The highest BCUT2D eigenvalue weighted by Gasteiger charge is 2.13. The molecule has 4 nitrogen and oxygen atoms in total. The summed E-state index contributed by atoms with van der Waals surface area (Å²) >= 11 is 0. The number of benzene rings is 1. The van der Waals surface area contributed by atoms with E-state index in [1.807, 2.05) is 19.0 Å². The number of carbonyl (C=O) groups is 1. The molecule has 0 saturated carbocycles. The van der Waals surface area contributed by atoms with Gasteiger partial charge in [-0.2, -0.15) is 0 Å². The smallest absolute Gasteiger partial charge is 0.339 e. The molecule has 1 rings (SSSR count). The zero-order valence-electron chi connectivity index (χ0n) is 9.15. The van der Waals surface area contributed by atoms with Gasteiger partial charge in [0.05, 0.1) is 25.0 Å². The summed E-state index contributed by atoms with van der Waals surface area (Å²) in [6.45, 7) is -0.0856. The molecule has 0 bridgehead atoms. The van der Waals surface area contributed by atoms with Crippen molar-refractivity contribution >= 4 is 11.7 Å². The minimum absolute atomic E-state index is 0.0856. The lowest BCUT2D eigenvalue weighted by Crippen LogP contribution is -2.15. The van der Waals surface area contributed by atoms with Crippen LogP contribution in [-0.2, 0) is 11.3 Å². The van der Waals surface area contributed by atoms with Crippen molar-refractivity contribution in [2.45, 2.75) is 6.61 Å². The number of hydrogen-bond acceptors (Lipinski definition) is 4. The third kappa shape index (κ3) is 2.47. The van der Waals surface area contributed by atoms with Crippen LogP contribution in [0.1, 0.15) is 15.9 Å². The van der Waals surface area contributed by atoms with Crippen LogP contribution < -0.4 is 4.90 Å². The molecular formula is C11H15NO3. The zero-order chi connectivity index (χ0) is 11.4. The van der Waals surface area contributed by atoms with Gasteiger partial charge in [0.25, 0.3) is 0 Å². The molecule has 15 heavy (non-hydrogen) atoms. The molecule has 1 N–H and O–H groups in total. The largest absolute Gasteiger partial charge is 0.465 e. The topological polar surface area (TPSA) is 49.8 Å². The van der Waals surface area contributed by atoms with Crippen LogP contribution >= 0.6 is 0 Å². The fourth-order valence-electron chi connectivity index (χ4n) is 1.34. The molecule has 0 saturated heterocycles. The van der Waals surface area contributed by atoms with Gasteiger partial charge in [-0.15, -0.1) is 0 Å². The Kier molecular flexibility index (Phi) is 3.68. The molecule has 1 aromatic rings. The number of carbonyl (C=O) groups excluding carboxylic acids is 1. The lowest BCUT2D eigenvalue weighted by molar-refractivity contribution is 0.0601. The Hall–Kier alpha value is -1.55. The van der Waals surface area contributed by atoms with E-state index < -0.39 is 5.97 Å². The molecule has 0 spiro atoms. The average Bonchev–Trinajstić information content (AvgIpc) is 2.26. The Bertz CT molecular complexity index is 361. The maximum Gasteiger partial charge on any atom is 0.339 e. The van der Waals surface area contributed by atoms with Gasteiger partial charge in [-0.1, -0.05) is 6.07 Å². The number of aliphatic hydroxyl groups excluding tert-OH is 1. The third-order valence-corrected chi connectivity index (χ3v) is 2.13. The number of nitrogens with zero attached hydrogens (tertiary/aromatic N) is 1. The third-order valence-electron chi connectivity index (χ3n) is 2.13. The molecule has 0 aromatic heterocycles. The van der Waals surface area contributed by atoms with E-state index >= 15 is 0 Å². The summed E-state index contributed by atoms with van der Waals surface area (Å²) in [5.74, 6) is -0.394. The number of methoxy groups -OCH3 is 1. The predicted molar refractivity (Wildman–Crippen MR) is 58.0 cm³/mol. The second-order valence-corrected chi connectivity index (χ2v) is 3.40. The Morgan fingerprint density at radius 3 is 2.60 bits per heavy atom. The highest BCUT2D eigenvalue weighted by Crippen LogP contribution is 2.21. The second-order valence-electron chi connectivity index (χ2n) is 3.40. The fraction of sp³-hybridized carbons (Fsp3) is 0.364. The van der Waals surface area contributed by atoms with Crippen molar-refractivity contribution in [2.75, 3.05) is 26.1 Å². The van der Waals surface area contributed by atoms with Crippen LogP contribution in [0.25, 0.3) is 0 Å². The van der Waals surface area contributed by atoms with Crippen molar-refractivity contribution in [1.82, 2.24) is 0 Å². The van der Waals surface area contributed by atoms with E-state index in [2.05, 4.69) is 4.74 Å². The number of anilines is 1. The highest BCUT2D eigenvalue weighted by molar-refractivity contribution is 5.96. The fourth-order valence-corrected chi connectivity index (χ4v) is 1.34. The van der Waals surface area contributed by atoms with E-state index in [4.69, 9.17) is 5.11 Å². The Balaban J connectivity index is 3.22. The Morgan fingerprint density at radius 1 is 1.47 bits per heavy atom. The lowest BCUT2D eigenvalue weighted by atomic mass is 10.1. The van der Waals surface area contributed by atoms with Crippen LogP contribution in [0.5, 0.6) is 0 Å². The van der Waals surface area contributed by atoms with Crippen LogP contribution in [0.3, 0.4) is 0 Å². The molecule has 0 atom stereocenters. The van der Waals surface area contributed by atoms with Crippen molar-refractivity contribution in [3.8, 4) is 0 Å². The van der Waals surface area contributed by atoms with Gasteiger partial charge in [0.1, 0.15) is 0 Å². The van der Waals surface area contributed by atoms with Gasteiger partial charge in [0.2, 0.25) is 0 Å². The normalized spacial score (nSPS) is 9.87. The number of ether oxygens (including phenoxy) is 1. The molecule has 4 heteroatoms. The van der Waals surface area contributed by atoms with Crippen LogP contribution in [0, 0.1) is 0 Å². The first-order valence-corrected chi connectivity index (χ1v) is 4.59. The predicted octanol–water partition coefficient (Wildman–Crippen LogP) is 1.03. The summed E-state index contributed by atoms with van der Waals surface area (Å²) < 4.78 is 4.68. The Morgan fingerprint density at radius 2 is 2.13 bits per heavy atom. The zero-order valence-corrected chi connectivity index (χ0v) is 9.15. The van der Waals surface area contributed by atoms with Crippen LogP contribution in [0.4, 0.5) is 5.69 Å². The van der Waals surface area contributed by atoms with Gasteiger partial charge >= 0.3 is 5.97 Å². The van der Waals surface area contributed by atoms with Gasteiger partial charge in [-0.25, -0.2) is 4.79 Å². The maximum absolute atomic E-state index is 11.5. The maximum atomic E-state index is 11.5. The molecule has 82 valence electrons. The van der Waals surface area contributed by atoms with Crippen molar-refractivity contribution < 1.29 is 14.6 Å². The first kappa shape index (κ1) is 11.5. The van der Waals surface area contributed by atoms with E-state index in [0.29, 0.717) is 11.1 Å². The molecule has 0 unspecified atom stereocenters. The molecule has 0 heterocycles. The average molecular weight is 209 g/mol. The number of esters is 1. The van der Waals surface area contributed by atoms with Gasteiger partial charge in [-0.3, -0.25) is 0 Å². The molecule has 0 amide bonds. The Labute approximate surface area is 89.1 Å². The molecule has 1 aromatic carbocycles. The molecule has 0 aliphatic carbocycles. The van der Waals surface area contributed by atoms with Gasteiger partial charge in [-0.05, 0) is 17.7 Å².